The topological polar surface area (TPSA) is 232 Å². The summed E-state index contributed by atoms with van der Waals surface area (Å²) < 4.78 is 45.6. The highest BCUT2D eigenvalue weighted by Gasteiger charge is 2.34. The number of rotatable bonds is 16. The third kappa shape index (κ3) is 7.98. The molecule has 20 heteroatoms. The van der Waals surface area contributed by atoms with Crippen LogP contribution in [0.15, 0.2) is 92.3 Å². The molecule has 0 radical (unpaired) electrons. The fourth-order valence-electron chi connectivity index (χ4n) is 6.45. The number of amides is 1. The van der Waals surface area contributed by atoms with Crippen molar-refractivity contribution in [2.45, 2.75) is 28.5 Å². The first-order chi connectivity index (χ1) is 26.8. The van der Waals surface area contributed by atoms with Crippen molar-refractivity contribution < 1.29 is 56.6 Å². The highest BCUT2D eigenvalue weighted by Crippen LogP contribution is 2.45. The molecule has 4 aromatic carbocycles. The molecule has 0 unspecified atom stereocenters. The molecule has 5 aromatic rings. The largest absolute Gasteiger partial charge is 0.354 e. The Morgan fingerprint density at radius 2 is 1.54 bits per heavy atom. The molecule has 0 fully saturated rings. The Morgan fingerprint density at radius 1 is 0.839 bits per heavy atom. The molecule has 0 bridgehead atoms. The number of ketones is 2. The summed E-state index contributed by atoms with van der Waals surface area (Å²) in [5.41, 5.74) is 0.0777. The zero-order valence-electron chi connectivity index (χ0n) is 29.6. The summed E-state index contributed by atoms with van der Waals surface area (Å²) in [6.07, 6.45) is 0. The van der Waals surface area contributed by atoms with E-state index in [4.69, 9.17) is 10.5 Å². The van der Waals surface area contributed by atoms with E-state index in [0.29, 0.717) is 53.2 Å². The maximum absolute atomic E-state index is 14.5. The van der Waals surface area contributed by atoms with E-state index < -0.39 is 38.0 Å². The van der Waals surface area contributed by atoms with E-state index in [-0.39, 0.29) is 61.7 Å². The molecule has 5 N–H and O–H groups in total. The smallest absolute Gasteiger partial charge is 0.296 e. The Bertz CT molecular complexity index is 2560. The van der Waals surface area contributed by atoms with Gasteiger partial charge in [-0.25, -0.2) is 10.5 Å². The first-order valence-electron chi connectivity index (χ1n) is 16.6. The minimum Gasteiger partial charge on any atom is -0.354 e. The molecular formula is C36H32N4O13S3. The second-order valence-electron chi connectivity index (χ2n) is 12.1. The van der Waals surface area contributed by atoms with Gasteiger partial charge in [-0.3, -0.25) is 28.6 Å². The van der Waals surface area contributed by atoms with Crippen molar-refractivity contribution in [3.8, 4) is 11.1 Å². The van der Waals surface area contributed by atoms with Gasteiger partial charge in [-0.1, -0.05) is 60.3 Å². The standard InChI is InChI=1S/C36H32N4O13S3/c1-4-40(5-2)18-29(41)38-25-16-24(27(55-53-51-46)17-28(25)56(47,48)49)37-23-13-14-26-32-30(21-11-6-7-12-22(21)35(43)31(23)32)33(36(44)39(26)3)34(42)19-9-8-10-20(15-19)54-52-50-45/h6-17,37,45-46H,4-5,18H2,1-3H3,(H,38,41)(H,47,48,49). The van der Waals surface area contributed by atoms with E-state index in [1.807, 2.05) is 13.8 Å². The second-order valence-corrected chi connectivity index (χ2v) is 15.0. The number of pyridine rings is 1. The van der Waals surface area contributed by atoms with Crippen LogP contribution in [0.2, 0.25) is 0 Å². The summed E-state index contributed by atoms with van der Waals surface area (Å²) in [5, 5.41) is 30.8. The Hall–Kier alpha value is -4.97. The monoisotopic (exact) mass is 824 g/mol. The molecule has 292 valence electrons. The Kier molecular flexibility index (Phi) is 12.4. The van der Waals surface area contributed by atoms with Crippen LogP contribution in [0.1, 0.15) is 45.7 Å². The molecule has 0 saturated carbocycles. The predicted molar refractivity (Wildman–Crippen MR) is 205 cm³/mol. The third-order valence-electron chi connectivity index (χ3n) is 9.03. The van der Waals surface area contributed by atoms with Crippen LogP contribution in [-0.4, -0.2) is 70.1 Å². The summed E-state index contributed by atoms with van der Waals surface area (Å²) in [6, 6.07) is 17.8. The molecule has 1 aliphatic rings. The van der Waals surface area contributed by atoms with Gasteiger partial charge < -0.3 is 15.2 Å². The van der Waals surface area contributed by atoms with Crippen LogP contribution in [0, 0.1) is 0 Å². The normalized spacial score (nSPS) is 12.2. The molecule has 1 aliphatic carbocycles. The van der Waals surface area contributed by atoms with Gasteiger partial charge in [-0.15, -0.1) is 8.67 Å². The van der Waals surface area contributed by atoms with Crippen LogP contribution < -0.4 is 16.2 Å². The van der Waals surface area contributed by atoms with Crippen LogP contribution in [0.25, 0.3) is 22.0 Å². The van der Waals surface area contributed by atoms with E-state index in [1.54, 1.807) is 47.4 Å². The summed E-state index contributed by atoms with van der Waals surface area (Å²) in [6.45, 7) is 4.65. The lowest BCUT2D eigenvalue weighted by atomic mass is 9.80. The van der Waals surface area contributed by atoms with E-state index in [2.05, 4.69) is 29.4 Å². The lowest BCUT2D eigenvalue weighted by Crippen LogP contribution is -2.33. The summed E-state index contributed by atoms with van der Waals surface area (Å²) >= 11 is 0.965. The number of hydrogen-bond acceptors (Lipinski definition) is 16. The van der Waals surface area contributed by atoms with Crippen molar-refractivity contribution in [1.82, 2.24) is 9.47 Å². The maximum Gasteiger partial charge on any atom is 0.296 e. The van der Waals surface area contributed by atoms with Crippen molar-refractivity contribution >= 4 is 79.6 Å². The quantitative estimate of drug-likeness (QED) is 0.0244. The zero-order chi connectivity index (χ0) is 40.3. The van der Waals surface area contributed by atoms with E-state index in [1.165, 1.54) is 35.9 Å². The first kappa shape index (κ1) is 40.7. The molecule has 0 saturated heterocycles. The summed E-state index contributed by atoms with van der Waals surface area (Å²) in [4.78, 5) is 57.4. The molecule has 0 atom stereocenters. The zero-order valence-corrected chi connectivity index (χ0v) is 32.0. The Morgan fingerprint density at radius 3 is 2.21 bits per heavy atom. The lowest BCUT2D eigenvalue weighted by Gasteiger charge is -2.26. The van der Waals surface area contributed by atoms with Gasteiger partial charge in [0.05, 0.1) is 69.2 Å². The van der Waals surface area contributed by atoms with Gasteiger partial charge in [0.1, 0.15) is 4.90 Å². The fraction of sp³-hybridized carbons (Fsp3) is 0.167. The fourth-order valence-corrected chi connectivity index (χ4v) is 8.07. The minimum absolute atomic E-state index is 0.0194. The van der Waals surface area contributed by atoms with Crippen molar-refractivity contribution in [3.05, 3.63) is 105 Å². The first-order valence-corrected chi connectivity index (χ1v) is 19.5. The number of aromatic nitrogens is 1. The number of carbonyl (C=O) groups is 3. The van der Waals surface area contributed by atoms with Crippen molar-refractivity contribution in [2.24, 2.45) is 7.05 Å². The van der Waals surface area contributed by atoms with Gasteiger partial charge in [0.25, 0.3) is 15.7 Å². The van der Waals surface area contributed by atoms with Crippen LogP contribution in [0.3, 0.4) is 0 Å². The lowest BCUT2D eigenvalue weighted by molar-refractivity contribution is -0.432. The number of nitrogens with zero attached hydrogens (tertiary/aromatic N) is 2. The average molecular weight is 825 g/mol. The third-order valence-corrected chi connectivity index (χ3v) is 11.1. The highest BCUT2D eigenvalue weighted by atomic mass is 32.2. The molecular weight excluding hydrogens is 793 g/mol. The number of likely N-dealkylation sites (N-methyl/N-ethyl adjacent to an activating group) is 1. The summed E-state index contributed by atoms with van der Waals surface area (Å²) in [5.74, 6) is -1.74. The van der Waals surface area contributed by atoms with Crippen LogP contribution >= 0.6 is 24.1 Å². The Labute approximate surface area is 327 Å². The van der Waals surface area contributed by atoms with E-state index in [9.17, 15) is 32.1 Å². The van der Waals surface area contributed by atoms with E-state index in [0.717, 1.165) is 6.07 Å². The van der Waals surface area contributed by atoms with Crippen LogP contribution in [-0.2, 0) is 40.7 Å². The highest BCUT2D eigenvalue weighted by molar-refractivity contribution is 7.95. The van der Waals surface area contributed by atoms with Crippen molar-refractivity contribution in [3.63, 3.8) is 0 Å². The number of aryl methyl sites for hydroxylation is 1. The molecule has 1 aromatic heterocycles. The molecule has 6 rings (SSSR count). The van der Waals surface area contributed by atoms with Gasteiger partial charge in [0, 0.05) is 34.0 Å². The van der Waals surface area contributed by atoms with Crippen molar-refractivity contribution in [2.75, 3.05) is 30.3 Å². The molecule has 1 heterocycles. The Balaban J connectivity index is 1.58. The molecule has 1 amide bonds. The predicted octanol–water partition coefficient (Wildman–Crippen LogP) is 6.11. The van der Waals surface area contributed by atoms with Gasteiger partial charge in [0.2, 0.25) is 5.91 Å². The van der Waals surface area contributed by atoms with Crippen LogP contribution in [0.5, 0.6) is 0 Å². The van der Waals surface area contributed by atoms with Gasteiger partial charge in [0.15, 0.2) is 11.6 Å². The minimum atomic E-state index is -4.96. The van der Waals surface area contributed by atoms with Crippen LogP contribution in [0.4, 0.5) is 17.1 Å². The number of anilines is 3. The van der Waals surface area contributed by atoms with Gasteiger partial charge in [-0.2, -0.15) is 8.42 Å². The number of hydrogen-bond donors (Lipinski definition) is 5. The number of nitrogens with one attached hydrogen (secondary N) is 2. The SMILES string of the molecule is CCN(CC)CC(=O)Nc1cc(Nc2ccc3c4c2C(=O)c2ccccc2-c4c(C(=O)c2cccc(SOOO)c2)c(=O)n3C)c(SOOO)cc1S(=O)(=O)O. The van der Waals surface area contributed by atoms with Crippen molar-refractivity contribution in [1.29, 1.82) is 0 Å². The maximum atomic E-state index is 14.5. The molecule has 17 nitrogen and oxygen atoms in total. The number of fused-ring (bicyclic) bond motifs is 2. The van der Waals surface area contributed by atoms with Gasteiger partial charge >= 0.3 is 0 Å². The number of benzene rings is 4. The second kappa shape index (κ2) is 17.0. The van der Waals surface area contributed by atoms with E-state index >= 15 is 0 Å². The average Bonchev–Trinajstić information content (AvgIpc) is 3.18. The van der Waals surface area contributed by atoms with Gasteiger partial charge in [-0.05, 0) is 55.1 Å². The number of carbonyl (C=O) groups excluding carboxylic acids is 3. The molecule has 0 spiro atoms. The molecule has 56 heavy (non-hydrogen) atoms. The summed E-state index contributed by atoms with van der Waals surface area (Å²) in [7, 11) is -3.50. The molecule has 0 aliphatic heterocycles.